The summed E-state index contributed by atoms with van der Waals surface area (Å²) in [5.41, 5.74) is 0.463. The number of thiazole rings is 1. The van der Waals surface area contributed by atoms with Gasteiger partial charge in [0.15, 0.2) is 5.13 Å². The van der Waals surface area contributed by atoms with Crippen molar-refractivity contribution in [2.75, 3.05) is 15.8 Å². The first-order chi connectivity index (χ1) is 12.5. The third kappa shape index (κ3) is 5.07. The van der Waals surface area contributed by atoms with E-state index < -0.39 is 10.0 Å². The lowest BCUT2D eigenvalue weighted by molar-refractivity contribution is -0.113. The molecule has 2 aromatic carbocycles. The van der Waals surface area contributed by atoms with Gasteiger partial charge in [-0.2, -0.15) is 0 Å². The number of thioether (sulfide) groups is 1. The second kappa shape index (κ2) is 8.35. The fraction of sp³-hybridized carbons (Fsp3) is 0.0588. The number of hydrogen-bond acceptors (Lipinski definition) is 6. The van der Waals surface area contributed by atoms with Gasteiger partial charge in [-0.25, -0.2) is 13.4 Å². The van der Waals surface area contributed by atoms with E-state index in [0.29, 0.717) is 10.8 Å². The maximum atomic E-state index is 12.3. The molecule has 2 N–H and O–H groups in total. The molecule has 9 heteroatoms. The molecule has 0 aliphatic heterocycles. The second-order valence-corrected chi connectivity index (χ2v) is 8.74. The molecule has 0 fully saturated rings. The van der Waals surface area contributed by atoms with Gasteiger partial charge in [-0.1, -0.05) is 18.2 Å². The fourth-order valence-electron chi connectivity index (χ4n) is 2.02. The largest absolute Gasteiger partial charge is 0.301 e. The van der Waals surface area contributed by atoms with E-state index >= 15 is 0 Å². The molecular weight excluding hydrogens is 390 g/mol. The van der Waals surface area contributed by atoms with Gasteiger partial charge in [-0.05, 0) is 36.4 Å². The lowest BCUT2D eigenvalue weighted by atomic mass is 10.3. The molecule has 0 radical (unpaired) electrons. The van der Waals surface area contributed by atoms with Crippen molar-refractivity contribution in [3.63, 3.8) is 0 Å². The Morgan fingerprint density at radius 2 is 1.81 bits per heavy atom. The summed E-state index contributed by atoms with van der Waals surface area (Å²) in [4.78, 5) is 16.9. The summed E-state index contributed by atoms with van der Waals surface area (Å²) >= 11 is 2.72. The average molecular weight is 406 g/mol. The highest BCUT2D eigenvalue weighted by Crippen LogP contribution is 2.22. The van der Waals surface area contributed by atoms with Crippen molar-refractivity contribution in [3.8, 4) is 0 Å². The molecular formula is C17H15N3O3S3. The second-order valence-electron chi connectivity index (χ2n) is 5.12. The molecule has 0 aliphatic carbocycles. The van der Waals surface area contributed by atoms with Gasteiger partial charge in [0.25, 0.3) is 10.0 Å². The number of hydrogen-bond donors (Lipinski definition) is 2. The molecule has 0 saturated carbocycles. The van der Waals surface area contributed by atoms with E-state index in [1.807, 2.05) is 0 Å². The Labute approximate surface area is 159 Å². The number of nitrogens with zero attached hydrogens (tertiary/aromatic N) is 1. The van der Waals surface area contributed by atoms with Crippen molar-refractivity contribution in [3.05, 3.63) is 66.2 Å². The number of nitrogens with one attached hydrogen (secondary N) is 2. The maximum Gasteiger partial charge on any atom is 0.261 e. The molecule has 0 atom stereocenters. The van der Waals surface area contributed by atoms with Crippen LogP contribution >= 0.6 is 23.1 Å². The summed E-state index contributed by atoms with van der Waals surface area (Å²) in [5, 5.41) is 5.07. The molecule has 0 unspecified atom stereocenters. The average Bonchev–Trinajstić information content (AvgIpc) is 3.14. The van der Waals surface area contributed by atoms with Crippen molar-refractivity contribution in [2.24, 2.45) is 0 Å². The summed E-state index contributed by atoms with van der Waals surface area (Å²) in [6.45, 7) is 0. The number of carbonyl (C=O) groups is 1. The zero-order valence-electron chi connectivity index (χ0n) is 13.5. The van der Waals surface area contributed by atoms with E-state index in [0.717, 1.165) is 4.90 Å². The van der Waals surface area contributed by atoms with Gasteiger partial charge < -0.3 is 5.32 Å². The summed E-state index contributed by atoms with van der Waals surface area (Å²) in [5.74, 6) is 0.105. The van der Waals surface area contributed by atoms with E-state index in [1.54, 1.807) is 54.0 Å². The van der Waals surface area contributed by atoms with E-state index in [2.05, 4.69) is 15.0 Å². The fourth-order valence-corrected chi connectivity index (χ4v) is 4.35. The van der Waals surface area contributed by atoms with Crippen LogP contribution in [0.1, 0.15) is 0 Å². The first-order valence-corrected chi connectivity index (χ1v) is 10.9. The number of sulfonamides is 1. The van der Waals surface area contributed by atoms with Gasteiger partial charge in [0, 0.05) is 22.2 Å². The summed E-state index contributed by atoms with van der Waals surface area (Å²) < 4.78 is 27.1. The molecule has 1 amide bonds. The number of anilines is 2. The van der Waals surface area contributed by atoms with Gasteiger partial charge >= 0.3 is 0 Å². The molecule has 3 rings (SSSR count). The SMILES string of the molecule is O=C(CSc1ccc(NS(=O)(=O)c2ccccc2)cc1)Nc1nccs1. The minimum absolute atomic E-state index is 0.140. The number of carbonyl (C=O) groups excluding carboxylic acids is 1. The topological polar surface area (TPSA) is 88.2 Å². The Morgan fingerprint density at radius 1 is 1.08 bits per heavy atom. The van der Waals surface area contributed by atoms with Crippen LogP contribution in [0.15, 0.2) is 76.0 Å². The molecule has 0 spiro atoms. The van der Waals surface area contributed by atoms with Crippen LogP contribution < -0.4 is 10.0 Å². The number of rotatable bonds is 7. The van der Waals surface area contributed by atoms with Crippen LogP contribution in [0.25, 0.3) is 0 Å². The highest BCUT2D eigenvalue weighted by Gasteiger charge is 2.13. The third-order valence-corrected chi connectivity index (χ3v) is 6.31. The highest BCUT2D eigenvalue weighted by atomic mass is 32.2. The van der Waals surface area contributed by atoms with Crippen LogP contribution in [0.3, 0.4) is 0 Å². The van der Waals surface area contributed by atoms with Crippen molar-refractivity contribution < 1.29 is 13.2 Å². The molecule has 1 aromatic heterocycles. The first kappa shape index (κ1) is 18.4. The normalized spacial score (nSPS) is 11.1. The molecule has 0 saturated heterocycles. The van der Waals surface area contributed by atoms with Gasteiger partial charge in [0.05, 0.1) is 10.6 Å². The van der Waals surface area contributed by atoms with Crippen molar-refractivity contribution >= 4 is 49.8 Å². The molecule has 6 nitrogen and oxygen atoms in total. The van der Waals surface area contributed by atoms with Crippen LogP contribution in [0.4, 0.5) is 10.8 Å². The van der Waals surface area contributed by atoms with E-state index in [1.165, 1.54) is 35.2 Å². The molecule has 0 aliphatic rings. The van der Waals surface area contributed by atoms with Gasteiger partial charge in [-0.3, -0.25) is 9.52 Å². The molecule has 26 heavy (non-hydrogen) atoms. The molecule has 0 bridgehead atoms. The molecule has 134 valence electrons. The Kier molecular flexibility index (Phi) is 5.92. The van der Waals surface area contributed by atoms with Crippen molar-refractivity contribution in [2.45, 2.75) is 9.79 Å². The Bertz CT molecular complexity index is 958. The van der Waals surface area contributed by atoms with Gasteiger partial charge in [-0.15, -0.1) is 23.1 Å². The Balaban J connectivity index is 1.56. The Hall–Kier alpha value is -2.36. The van der Waals surface area contributed by atoms with Crippen LogP contribution in [0.5, 0.6) is 0 Å². The maximum absolute atomic E-state index is 12.3. The van der Waals surface area contributed by atoms with E-state index in [4.69, 9.17) is 0 Å². The summed E-state index contributed by atoms with van der Waals surface area (Å²) in [6, 6.07) is 15.0. The van der Waals surface area contributed by atoms with Gasteiger partial charge in [0.1, 0.15) is 0 Å². The smallest absolute Gasteiger partial charge is 0.261 e. The minimum atomic E-state index is -3.61. The quantitative estimate of drug-likeness (QED) is 0.586. The van der Waals surface area contributed by atoms with E-state index in [9.17, 15) is 13.2 Å². The molecule has 3 aromatic rings. The third-order valence-electron chi connectivity index (χ3n) is 3.21. The number of aromatic nitrogens is 1. The summed E-state index contributed by atoms with van der Waals surface area (Å²) in [7, 11) is -3.61. The first-order valence-electron chi connectivity index (χ1n) is 7.53. The minimum Gasteiger partial charge on any atom is -0.301 e. The monoisotopic (exact) mass is 405 g/mol. The number of amides is 1. The lowest BCUT2D eigenvalue weighted by Gasteiger charge is -2.08. The summed E-state index contributed by atoms with van der Waals surface area (Å²) in [6.07, 6.45) is 1.63. The molecule has 1 heterocycles. The Morgan fingerprint density at radius 3 is 2.46 bits per heavy atom. The number of benzene rings is 2. The van der Waals surface area contributed by atoms with E-state index in [-0.39, 0.29) is 16.6 Å². The highest BCUT2D eigenvalue weighted by molar-refractivity contribution is 8.00. The van der Waals surface area contributed by atoms with Crippen molar-refractivity contribution in [1.82, 2.24) is 4.98 Å². The predicted molar refractivity (Wildman–Crippen MR) is 105 cm³/mol. The zero-order chi connectivity index (χ0) is 18.4. The van der Waals surface area contributed by atoms with Crippen molar-refractivity contribution in [1.29, 1.82) is 0 Å². The lowest BCUT2D eigenvalue weighted by Crippen LogP contribution is -2.13. The van der Waals surface area contributed by atoms with Crippen LogP contribution in [-0.2, 0) is 14.8 Å². The standard InChI is InChI=1S/C17H15N3O3S3/c21-16(19-17-18-10-11-24-17)12-25-14-8-6-13(7-9-14)20-26(22,23)15-4-2-1-3-5-15/h1-11,20H,12H2,(H,18,19,21). The zero-order valence-corrected chi connectivity index (χ0v) is 15.9. The predicted octanol–water partition coefficient (Wildman–Crippen LogP) is 3.67. The van der Waals surface area contributed by atoms with Crippen LogP contribution in [-0.4, -0.2) is 25.1 Å². The van der Waals surface area contributed by atoms with Crippen LogP contribution in [0.2, 0.25) is 0 Å². The van der Waals surface area contributed by atoms with Gasteiger partial charge in [0.2, 0.25) is 5.91 Å². The van der Waals surface area contributed by atoms with Crippen LogP contribution in [0, 0.1) is 0 Å².